The van der Waals surface area contributed by atoms with E-state index in [1.54, 1.807) is 0 Å². The van der Waals surface area contributed by atoms with Crippen LogP contribution < -0.4 is 5.73 Å². The second-order valence-corrected chi connectivity index (χ2v) is 6.02. The van der Waals surface area contributed by atoms with Gasteiger partial charge in [-0.3, -0.25) is 0 Å². The molecule has 1 heterocycles. The van der Waals surface area contributed by atoms with Crippen molar-refractivity contribution in [1.82, 2.24) is 4.90 Å². The minimum atomic E-state index is 0.230. The molecule has 1 atom stereocenters. The molecule has 0 aromatic heterocycles. The Morgan fingerprint density at radius 1 is 1.00 bits per heavy atom. The fourth-order valence-electron chi connectivity index (χ4n) is 3.04. The SMILES string of the molecule is CC.Cc1cccc(C2C(c3ccc(N)c(C)c3)=CC=CN2C)c1. The molecule has 1 aliphatic rings. The van der Waals surface area contributed by atoms with Gasteiger partial charge in [0.2, 0.25) is 0 Å². The molecule has 1 aliphatic heterocycles. The van der Waals surface area contributed by atoms with E-state index in [0.717, 1.165) is 11.3 Å². The maximum atomic E-state index is 5.97. The van der Waals surface area contributed by atoms with Crippen LogP contribution in [0.15, 0.2) is 60.8 Å². The second kappa shape index (κ2) is 7.87. The van der Waals surface area contributed by atoms with E-state index in [1.165, 1.54) is 22.3 Å². The molecule has 3 rings (SSSR count). The van der Waals surface area contributed by atoms with Gasteiger partial charge in [-0.1, -0.05) is 55.8 Å². The number of nitrogens with zero attached hydrogens (tertiary/aromatic N) is 1. The molecule has 2 nitrogen and oxygen atoms in total. The summed E-state index contributed by atoms with van der Waals surface area (Å²) in [5.74, 6) is 0. The van der Waals surface area contributed by atoms with Crippen molar-refractivity contribution in [3.63, 3.8) is 0 Å². The Kier molecular flexibility index (Phi) is 5.86. The maximum absolute atomic E-state index is 5.97. The van der Waals surface area contributed by atoms with Gasteiger partial charge in [0.15, 0.2) is 0 Å². The zero-order valence-corrected chi connectivity index (χ0v) is 15.4. The summed E-state index contributed by atoms with van der Waals surface area (Å²) in [4.78, 5) is 2.26. The minimum Gasteiger partial charge on any atom is -0.399 e. The summed E-state index contributed by atoms with van der Waals surface area (Å²) in [5.41, 5.74) is 13.1. The van der Waals surface area contributed by atoms with E-state index in [-0.39, 0.29) is 6.04 Å². The highest BCUT2D eigenvalue weighted by Gasteiger charge is 2.23. The molecule has 1 unspecified atom stereocenters. The van der Waals surface area contributed by atoms with Crippen molar-refractivity contribution in [3.8, 4) is 0 Å². The molecule has 0 fully saturated rings. The van der Waals surface area contributed by atoms with Gasteiger partial charge in [0.1, 0.15) is 0 Å². The topological polar surface area (TPSA) is 29.3 Å². The van der Waals surface area contributed by atoms with E-state index >= 15 is 0 Å². The number of likely N-dealkylation sites (N-methyl/N-ethyl adjacent to an activating group) is 1. The third-order valence-electron chi connectivity index (χ3n) is 4.26. The highest BCUT2D eigenvalue weighted by molar-refractivity contribution is 5.75. The number of nitrogens with two attached hydrogens (primary N) is 1. The fourth-order valence-corrected chi connectivity index (χ4v) is 3.04. The van der Waals surface area contributed by atoms with Gasteiger partial charge in [0, 0.05) is 12.7 Å². The van der Waals surface area contributed by atoms with Crippen LogP contribution >= 0.6 is 0 Å². The number of hydrogen-bond acceptors (Lipinski definition) is 2. The van der Waals surface area contributed by atoms with Crippen molar-refractivity contribution in [2.75, 3.05) is 12.8 Å². The van der Waals surface area contributed by atoms with Crippen LogP contribution in [0.3, 0.4) is 0 Å². The molecular formula is C22H28N2. The Bertz CT molecular complexity index is 756. The number of allylic oxidation sites excluding steroid dienone is 2. The first-order valence-corrected chi connectivity index (χ1v) is 8.59. The molecule has 0 radical (unpaired) electrons. The Morgan fingerprint density at radius 3 is 2.42 bits per heavy atom. The van der Waals surface area contributed by atoms with Crippen LogP contribution in [-0.4, -0.2) is 11.9 Å². The van der Waals surface area contributed by atoms with Crippen LogP contribution in [0.5, 0.6) is 0 Å². The van der Waals surface area contributed by atoms with Crippen molar-refractivity contribution < 1.29 is 0 Å². The summed E-state index contributed by atoms with van der Waals surface area (Å²) in [5, 5.41) is 0. The number of aryl methyl sites for hydroxylation is 2. The Hall–Kier alpha value is -2.48. The van der Waals surface area contributed by atoms with E-state index in [9.17, 15) is 0 Å². The Balaban J connectivity index is 0.00000100. The molecule has 126 valence electrons. The largest absolute Gasteiger partial charge is 0.399 e. The lowest BCUT2D eigenvalue weighted by atomic mass is 9.89. The molecule has 0 aliphatic carbocycles. The molecule has 0 spiro atoms. The molecule has 0 bridgehead atoms. The van der Waals surface area contributed by atoms with Crippen LogP contribution in [-0.2, 0) is 0 Å². The lowest BCUT2D eigenvalue weighted by Crippen LogP contribution is -2.22. The van der Waals surface area contributed by atoms with E-state index < -0.39 is 0 Å². The van der Waals surface area contributed by atoms with Crippen LogP contribution in [0, 0.1) is 13.8 Å². The molecule has 24 heavy (non-hydrogen) atoms. The van der Waals surface area contributed by atoms with Crippen molar-refractivity contribution in [2.24, 2.45) is 0 Å². The molecule has 2 N–H and O–H groups in total. The third-order valence-corrected chi connectivity index (χ3v) is 4.26. The quantitative estimate of drug-likeness (QED) is 0.741. The molecule has 0 saturated carbocycles. The molecule has 0 amide bonds. The number of rotatable bonds is 2. The number of hydrogen-bond donors (Lipinski definition) is 1. The summed E-state index contributed by atoms with van der Waals surface area (Å²) < 4.78 is 0. The lowest BCUT2D eigenvalue weighted by molar-refractivity contribution is 0.400. The van der Waals surface area contributed by atoms with Gasteiger partial charge in [-0.2, -0.15) is 0 Å². The summed E-state index contributed by atoms with van der Waals surface area (Å²) in [7, 11) is 2.13. The molecular weight excluding hydrogens is 292 g/mol. The molecule has 2 aromatic carbocycles. The predicted molar refractivity (Wildman–Crippen MR) is 106 cm³/mol. The van der Waals surface area contributed by atoms with Crippen molar-refractivity contribution in [2.45, 2.75) is 33.7 Å². The Morgan fingerprint density at radius 2 is 1.75 bits per heavy atom. The maximum Gasteiger partial charge on any atom is 0.0793 e. The van der Waals surface area contributed by atoms with Gasteiger partial charge >= 0.3 is 0 Å². The van der Waals surface area contributed by atoms with Crippen LogP contribution in [0.2, 0.25) is 0 Å². The van der Waals surface area contributed by atoms with Gasteiger partial charge in [0.05, 0.1) is 6.04 Å². The highest BCUT2D eigenvalue weighted by Crippen LogP contribution is 2.37. The first kappa shape index (κ1) is 17.9. The first-order valence-electron chi connectivity index (χ1n) is 8.59. The Labute approximate surface area is 146 Å². The molecule has 0 saturated heterocycles. The van der Waals surface area contributed by atoms with Gasteiger partial charge in [-0.25, -0.2) is 0 Å². The summed E-state index contributed by atoms with van der Waals surface area (Å²) in [6.45, 7) is 8.20. The van der Waals surface area contributed by atoms with E-state index in [1.807, 2.05) is 19.9 Å². The first-order chi connectivity index (χ1) is 11.6. The number of anilines is 1. The van der Waals surface area contributed by atoms with Crippen molar-refractivity contribution in [3.05, 3.63) is 83.1 Å². The summed E-state index contributed by atoms with van der Waals surface area (Å²) in [6, 6.07) is 15.2. The highest BCUT2D eigenvalue weighted by atomic mass is 15.1. The minimum absolute atomic E-state index is 0.230. The number of nitrogen functional groups attached to an aromatic ring is 1. The molecule has 2 heteroatoms. The zero-order chi connectivity index (χ0) is 17.7. The molecule has 2 aromatic rings. The standard InChI is InChI=1S/C20H22N2.C2H6/c1-14-6-4-7-17(12-14)20-18(8-5-11-22(20)3)16-9-10-19(21)15(2)13-16;1-2/h4-13,20H,21H2,1-3H3;1-2H3. The zero-order valence-electron chi connectivity index (χ0n) is 15.4. The lowest BCUT2D eigenvalue weighted by Gasteiger charge is -2.32. The normalized spacial score (nSPS) is 16.3. The average molecular weight is 320 g/mol. The monoisotopic (exact) mass is 320 g/mol. The smallest absolute Gasteiger partial charge is 0.0793 e. The fraction of sp³-hybridized carbons (Fsp3) is 0.273. The van der Waals surface area contributed by atoms with Crippen LogP contribution in [0.1, 0.15) is 42.1 Å². The van der Waals surface area contributed by atoms with Gasteiger partial charge < -0.3 is 10.6 Å². The van der Waals surface area contributed by atoms with Crippen molar-refractivity contribution >= 4 is 11.3 Å². The van der Waals surface area contributed by atoms with Crippen molar-refractivity contribution in [1.29, 1.82) is 0 Å². The van der Waals surface area contributed by atoms with E-state index in [0.29, 0.717) is 0 Å². The van der Waals surface area contributed by atoms with Gasteiger partial charge in [0.25, 0.3) is 0 Å². The predicted octanol–water partition coefficient (Wildman–Crippen LogP) is 5.50. The van der Waals surface area contributed by atoms with E-state index in [4.69, 9.17) is 5.73 Å². The van der Waals surface area contributed by atoms with E-state index in [2.05, 4.69) is 80.5 Å². The average Bonchev–Trinajstić information content (AvgIpc) is 2.59. The van der Waals surface area contributed by atoms with Gasteiger partial charge in [-0.05, 0) is 60.5 Å². The summed E-state index contributed by atoms with van der Waals surface area (Å²) in [6.07, 6.45) is 6.44. The summed E-state index contributed by atoms with van der Waals surface area (Å²) >= 11 is 0. The second-order valence-electron chi connectivity index (χ2n) is 6.02. The third kappa shape index (κ3) is 3.70. The van der Waals surface area contributed by atoms with Crippen LogP contribution in [0.4, 0.5) is 5.69 Å². The van der Waals surface area contributed by atoms with Gasteiger partial charge in [-0.15, -0.1) is 0 Å². The van der Waals surface area contributed by atoms with Crippen LogP contribution in [0.25, 0.3) is 5.57 Å². The number of benzene rings is 2.